The van der Waals surface area contributed by atoms with Gasteiger partial charge in [-0.15, -0.1) is 0 Å². The van der Waals surface area contributed by atoms with Crippen LogP contribution in [-0.2, 0) is 0 Å². The fourth-order valence-corrected chi connectivity index (χ4v) is 2.89. The lowest BCUT2D eigenvalue weighted by Gasteiger charge is -2.10. The Bertz CT molecular complexity index is 1020. The van der Waals surface area contributed by atoms with Crippen molar-refractivity contribution in [1.29, 1.82) is 0 Å². The monoisotopic (exact) mass is 447 g/mol. The number of H-pyrrole nitrogens is 1. The number of aromatic nitrogens is 4. The molecule has 0 spiro atoms. The highest BCUT2D eigenvalue weighted by Crippen LogP contribution is 2.28. The van der Waals surface area contributed by atoms with Crippen molar-refractivity contribution in [1.82, 2.24) is 19.9 Å². The first-order valence-corrected chi connectivity index (χ1v) is 8.64. The summed E-state index contributed by atoms with van der Waals surface area (Å²) in [5.41, 5.74) is 2.50. The minimum Gasteiger partial charge on any atom is -0.346 e. The van der Waals surface area contributed by atoms with Gasteiger partial charge in [-0.3, -0.25) is 4.98 Å². The molecule has 0 aliphatic carbocycles. The number of rotatable bonds is 3. The van der Waals surface area contributed by atoms with E-state index in [9.17, 15) is 0 Å². The van der Waals surface area contributed by atoms with E-state index in [1.165, 1.54) is 0 Å². The molecule has 0 saturated carbocycles. The summed E-state index contributed by atoms with van der Waals surface area (Å²) in [5, 5.41) is 4.95. The second-order valence-corrected chi connectivity index (χ2v) is 6.70. The maximum absolute atomic E-state index is 6.21. The molecule has 0 atom stereocenters. The van der Waals surface area contributed by atoms with Crippen molar-refractivity contribution in [2.75, 3.05) is 5.32 Å². The van der Waals surface area contributed by atoms with Crippen molar-refractivity contribution in [3.05, 3.63) is 63.6 Å². The number of pyridine rings is 1. The SMILES string of the molecule is Clc1cc(Nc2nc(-c3cccnc3)nc3[nH]ccc23)ccc1I. The molecule has 4 rings (SSSR count). The molecule has 0 saturated heterocycles. The van der Waals surface area contributed by atoms with Crippen molar-refractivity contribution in [2.45, 2.75) is 0 Å². The number of hydrogen-bond donors (Lipinski definition) is 2. The third kappa shape index (κ3) is 2.94. The van der Waals surface area contributed by atoms with Crippen LogP contribution >= 0.6 is 34.2 Å². The zero-order valence-corrected chi connectivity index (χ0v) is 15.2. The molecular formula is C17H11ClIN5. The zero-order valence-electron chi connectivity index (χ0n) is 12.3. The summed E-state index contributed by atoms with van der Waals surface area (Å²) >= 11 is 8.41. The molecule has 0 radical (unpaired) electrons. The Balaban J connectivity index is 1.81. The van der Waals surface area contributed by atoms with E-state index in [-0.39, 0.29) is 0 Å². The molecule has 0 amide bonds. The highest BCUT2D eigenvalue weighted by atomic mass is 127. The van der Waals surface area contributed by atoms with E-state index in [4.69, 9.17) is 11.6 Å². The van der Waals surface area contributed by atoms with Crippen molar-refractivity contribution in [2.24, 2.45) is 0 Å². The van der Waals surface area contributed by atoms with Gasteiger partial charge in [-0.1, -0.05) is 11.6 Å². The number of nitrogens with one attached hydrogen (secondary N) is 2. The largest absolute Gasteiger partial charge is 0.346 e. The summed E-state index contributed by atoms with van der Waals surface area (Å²) in [6.45, 7) is 0. The number of anilines is 2. The van der Waals surface area contributed by atoms with Gasteiger partial charge in [0.05, 0.1) is 10.4 Å². The fourth-order valence-electron chi connectivity index (χ4n) is 2.37. The smallest absolute Gasteiger partial charge is 0.165 e. The first kappa shape index (κ1) is 15.3. The van der Waals surface area contributed by atoms with Gasteiger partial charge in [0.1, 0.15) is 11.5 Å². The predicted molar refractivity (Wildman–Crippen MR) is 105 cm³/mol. The first-order chi connectivity index (χ1) is 11.7. The average Bonchev–Trinajstić information content (AvgIpc) is 3.08. The van der Waals surface area contributed by atoms with Crippen LogP contribution in [0.15, 0.2) is 55.0 Å². The van der Waals surface area contributed by atoms with Gasteiger partial charge in [0.2, 0.25) is 0 Å². The van der Waals surface area contributed by atoms with Crippen LogP contribution in [0.25, 0.3) is 22.4 Å². The molecular weight excluding hydrogens is 437 g/mol. The standard InChI is InChI=1S/C17H11ClIN5/c18-13-8-11(3-4-14(13)19)22-17-12-5-7-21-16(12)23-15(24-17)10-2-1-6-20-9-10/h1-9H,(H2,21,22,23,24). The molecule has 118 valence electrons. The number of benzene rings is 1. The molecule has 2 N–H and O–H groups in total. The Hall–Kier alpha value is -2.19. The number of halogens is 2. The van der Waals surface area contributed by atoms with Gasteiger partial charge in [0, 0.05) is 33.4 Å². The van der Waals surface area contributed by atoms with Crippen molar-refractivity contribution in [3.63, 3.8) is 0 Å². The summed E-state index contributed by atoms with van der Waals surface area (Å²) in [7, 11) is 0. The Labute approximate surface area is 156 Å². The minimum atomic E-state index is 0.608. The van der Waals surface area contributed by atoms with Gasteiger partial charge in [0.25, 0.3) is 0 Å². The van der Waals surface area contributed by atoms with E-state index in [0.29, 0.717) is 10.8 Å². The number of aromatic amines is 1. The minimum absolute atomic E-state index is 0.608. The second-order valence-electron chi connectivity index (χ2n) is 5.13. The molecule has 0 bridgehead atoms. The van der Waals surface area contributed by atoms with E-state index >= 15 is 0 Å². The second kappa shape index (κ2) is 6.37. The molecule has 3 aromatic heterocycles. The van der Waals surface area contributed by atoms with Crippen molar-refractivity contribution >= 4 is 56.7 Å². The lowest BCUT2D eigenvalue weighted by atomic mass is 10.2. The van der Waals surface area contributed by atoms with Gasteiger partial charge in [-0.25, -0.2) is 9.97 Å². The van der Waals surface area contributed by atoms with Gasteiger partial charge in [0.15, 0.2) is 5.82 Å². The van der Waals surface area contributed by atoms with E-state index in [1.807, 2.05) is 42.6 Å². The molecule has 24 heavy (non-hydrogen) atoms. The van der Waals surface area contributed by atoms with Crippen LogP contribution in [0.2, 0.25) is 5.02 Å². The van der Waals surface area contributed by atoms with Crippen LogP contribution < -0.4 is 5.32 Å². The van der Waals surface area contributed by atoms with Crippen LogP contribution in [0, 0.1) is 3.57 Å². The molecule has 3 heterocycles. The molecule has 0 aliphatic heterocycles. The summed E-state index contributed by atoms with van der Waals surface area (Å²) in [5.74, 6) is 1.33. The van der Waals surface area contributed by atoms with Crippen molar-refractivity contribution in [3.8, 4) is 11.4 Å². The van der Waals surface area contributed by atoms with Crippen LogP contribution in [0.4, 0.5) is 11.5 Å². The Morgan fingerprint density at radius 3 is 2.83 bits per heavy atom. The van der Waals surface area contributed by atoms with Crippen LogP contribution in [0.1, 0.15) is 0 Å². The van der Waals surface area contributed by atoms with E-state index in [0.717, 1.165) is 31.7 Å². The topological polar surface area (TPSA) is 66.5 Å². The van der Waals surface area contributed by atoms with Gasteiger partial charge in [-0.2, -0.15) is 0 Å². The van der Waals surface area contributed by atoms with E-state index < -0.39 is 0 Å². The average molecular weight is 448 g/mol. The summed E-state index contributed by atoms with van der Waals surface area (Å²) in [6.07, 6.45) is 5.32. The van der Waals surface area contributed by atoms with Crippen LogP contribution in [-0.4, -0.2) is 19.9 Å². The maximum atomic E-state index is 6.21. The Morgan fingerprint density at radius 2 is 2.04 bits per heavy atom. The lowest BCUT2D eigenvalue weighted by molar-refractivity contribution is 1.19. The summed E-state index contributed by atoms with van der Waals surface area (Å²) in [6, 6.07) is 11.6. The normalized spacial score (nSPS) is 10.9. The number of hydrogen-bond acceptors (Lipinski definition) is 4. The van der Waals surface area contributed by atoms with E-state index in [2.05, 4.69) is 47.8 Å². The molecule has 7 heteroatoms. The quantitative estimate of drug-likeness (QED) is 0.433. The van der Waals surface area contributed by atoms with Crippen LogP contribution in [0.3, 0.4) is 0 Å². The third-order valence-corrected chi connectivity index (χ3v) is 5.09. The fraction of sp³-hybridized carbons (Fsp3) is 0. The first-order valence-electron chi connectivity index (χ1n) is 7.18. The summed E-state index contributed by atoms with van der Waals surface area (Å²) < 4.78 is 1.00. The Kier molecular flexibility index (Phi) is 4.07. The predicted octanol–water partition coefficient (Wildman–Crippen LogP) is 5.02. The lowest BCUT2D eigenvalue weighted by Crippen LogP contribution is -1.99. The maximum Gasteiger partial charge on any atom is 0.165 e. The van der Waals surface area contributed by atoms with Crippen molar-refractivity contribution < 1.29 is 0 Å². The number of nitrogens with zero attached hydrogens (tertiary/aromatic N) is 3. The van der Waals surface area contributed by atoms with Gasteiger partial charge < -0.3 is 10.3 Å². The highest BCUT2D eigenvalue weighted by molar-refractivity contribution is 14.1. The number of fused-ring (bicyclic) bond motifs is 1. The van der Waals surface area contributed by atoms with Gasteiger partial charge in [-0.05, 0) is 59.0 Å². The van der Waals surface area contributed by atoms with E-state index in [1.54, 1.807) is 12.4 Å². The molecule has 0 aliphatic rings. The molecule has 5 nitrogen and oxygen atoms in total. The third-order valence-electron chi connectivity index (χ3n) is 3.52. The molecule has 4 aromatic rings. The molecule has 0 unspecified atom stereocenters. The highest BCUT2D eigenvalue weighted by Gasteiger charge is 2.11. The molecule has 1 aromatic carbocycles. The van der Waals surface area contributed by atoms with Gasteiger partial charge >= 0.3 is 0 Å². The molecule has 0 fully saturated rings. The zero-order chi connectivity index (χ0) is 16.5. The Morgan fingerprint density at radius 1 is 1.12 bits per heavy atom. The summed E-state index contributed by atoms with van der Waals surface area (Å²) in [4.78, 5) is 16.5. The van der Waals surface area contributed by atoms with Crippen LogP contribution in [0.5, 0.6) is 0 Å².